The zero-order valence-corrected chi connectivity index (χ0v) is 15.9. The zero-order chi connectivity index (χ0) is 18.4. The molecule has 0 heterocycles. The summed E-state index contributed by atoms with van der Waals surface area (Å²) in [6.07, 6.45) is 0. The minimum absolute atomic E-state index is 0.175. The van der Waals surface area contributed by atoms with Gasteiger partial charge in [-0.3, -0.25) is 0 Å². The van der Waals surface area contributed by atoms with E-state index in [1.807, 2.05) is 0 Å². The molecule has 2 aromatic rings. The first-order chi connectivity index (χ1) is 11.9. The summed E-state index contributed by atoms with van der Waals surface area (Å²) in [4.78, 5) is 0.351. The Morgan fingerprint density at radius 2 is 1.08 bits per heavy atom. The summed E-state index contributed by atoms with van der Waals surface area (Å²) in [5.74, 6) is 0. The third-order valence-electron chi connectivity index (χ3n) is 3.19. The van der Waals surface area contributed by atoms with E-state index in [1.165, 1.54) is 38.5 Å². The van der Waals surface area contributed by atoms with Crippen LogP contribution in [0.4, 0.5) is 11.4 Å². The number of hydrogen-bond donors (Lipinski definition) is 2. The van der Waals surface area contributed by atoms with Crippen molar-refractivity contribution in [3.05, 3.63) is 48.5 Å². The Bertz CT molecular complexity index is 796. The van der Waals surface area contributed by atoms with E-state index in [0.717, 1.165) is 0 Å². The van der Waals surface area contributed by atoms with E-state index in [1.54, 1.807) is 24.3 Å². The molecule has 0 radical (unpaired) electrons. The highest BCUT2D eigenvalue weighted by atomic mass is 32.2. The predicted octanol–water partition coefficient (Wildman–Crippen LogP) is 3.21. The maximum atomic E-state index is 12.7. The Labute approximate surface area is 157 Å². The van der Waals surface area contributed by atoms with E-state index in [9.17, 15) is 8.42 Å². The average Bonchev–Trinajstić information content (AvgIpc) is 2.62. The Balaban J connectivity index is 2.20. The summed E-state index contributed by atoms with van der Waals surface area (Å²) >= 11 is 9.79. The van der Waals surface area contributed by atoms with E-state index in [0.29, 0.717) is 11.4 Å². The molecule has 0 saturated heterocycles. The van der Waals surface area contributed by atoms with Gasteiger partial charge in [0.1, 0.15) is 0 Å². The highest BCUT2D eigenvalue weighted by Gasteiger charge is 2.17. The van der Waals surface area contributed by atoms with Crippen LogP contribution in [0.15, 0.2) is 58.3 Å². The minimum atomic E-state index is -3.62. The highest BCUT2D eigenvalue weighted by molar-refractivity contribution is 7.91. The van der Waals surface area contributed by atoms with Gasteiger partial charge in [-0.05, 0) is 73.0 Å². The highest BCUT2D eigenvalue weighted by Crippen LogP contribution is 2.23. The van der Waals surface area contributed by atoms with Crippen LogP contribution in [0.1, 0.15) is 0 Å². The van der Waals surface area contributed by atoms with Crippen LogP contribution in [-0.4, -0.2) is 33.0 Å². The van der Waals surface area contributed by atoms with E-state index in [4.69, 9.17) is 33.9 Å². The van der Waals surface area contributed by atoms with E-state index in [2.05, 4.69) is 10.6 Å². The first kappa shape index (κ1) is 19.1. The fourth-order valence-electron chi connectivity index (χ4n) is 1.91. The maximum Gasteiger partial charge on any atom is 0.260 e. The Kier molecular flexibility index (Phi) is 6.29. The molecule has 0 fully saturated rings. The Morgan fingerprint density at radius 1 is 0.760 bits per heavy atom. The van der Waals surface area contributed by atoms with Gasteiger partial charge < -0.3 is 20.1 Å². The standard InChI is InChI=1S/C16H16N2O4S3/c1-21-15(23)17-11-3-7-13(8-4-11)25(19,20)14-9-5-12(6-10-14)18-16(24)22-2/h3-10H,1-2H3,(H,17,23)(H,18,24). The number of thiocarbonyl (C=S) groups is 2. The third-order valence-corrected chi connectivity index (χ3v) is 5.52. The van der Waals surface area contributed by atoms with Crippen LogP contribution in [0, 0.1) is 0 Å². The van der Waals surface area contributed by atoms with Crippen LogP contribution >= 0.6 is 24.4 Å². The number of hydrogen-bond acceptors (Lipinski definition) is 6. The Hall–Kier alpha value is -2.23. The molecule has 6 nitrogen and oxygen atoms in total. The lowest BCUT2D eigenvalue weighted by molar-refractivity contribution is 0.413. The number of rotatable bonds is 4. The largest absolute Gasteiger partial charge is 0.474 e. The molecule has 132 valence electrons. The molecule has 0 spiro atoms. The molecule has 0 amide bonds. The van der Waals surface area contributed by atoms with Crippen molar-refractivity contribution in [1.29, 1.82) is 0 Å². The van der Waals surface area contributed by atoms with Gasteiger partial charge in [0, 0.05) is 11.4 Å². The van der Waals surface area contributed by atoms with E-state index < -0.39 is 9.84 Å². The fourth-order valence-corrected chi connectivity index (χ4v) is 3.41. The monoisotopic (exact) mass is 396 g/mol. The smallest absolute Gasteiger partial charge is 0.260 e. The SMILES string of the molecule is COC(=S)Nc1ccc(S(=O)(=O)c2ccc(NC(=S)OC)cc2)cc1. The van der Waals surface area contributed by atoms with Gasteiger partial charge >= 0.3 is 0 Å². The van der Waals surface area contributed by atoms with Crippen molar-refractivity contribution >= 4 is 56.0 Å². The number of anilines is 2. The van der Waals surface area contributed by atoms with Crippen molar-refractivity contribution in [2.75, 3.05) is 24.9 Å². The fraction of sp³-hybridized carbons (Fsp3) is 0.125. The Morgan fingerprint density at radius 3 is 1.36 bits per heavy atom. The molecule has 2 rings (SSSR count). The summed E-state index contributed by atoms with van der Waals surface area (Å²) in [6, 6.07) is 12.5. The van der Waals surface area contributed by atoms with Gasteiger partial charge in [-0.2, -0.15) is 0 Å². The molecule has 0 atom stereocenters. The summed E-state index contributed by atoms with van der Waals surface area (Å²) in [7, 11) is -0.723. The van der Waals surface area contributed by atoms with E-state index >= 15 is 0 Å². The third kappa shape index (κ3) is 4.88. The van der Waals surface area contributed by atoms with Crippen molar-refractivity contribution < 1.29 is 17.9 Å². The van der Waals surface area contributed by atoms with Crippen molar-refractivity contribution in [2.45, 2.75) is 9.79 Å². The predicted molar refractivity (Wildman–Crippen MR) is 105 cm³/mol. The molecule has 0 aliphatic carbocycles. The summed E-state index contributed by atoms with van der Waals surface area (Å²) < 4.78 is 35.0. The van der Waals surface area contributed by atoms with Crippen molar-refractivity contribution in [3.63, 3.8) is 0 Å². The van der Waals surface area contributed by atoms with Crippen LogP contribution in [0.5, 0.6) is 0 Å². The molecule has 25 heavy (non-hydrogen) atoms. The molecule has 0 saturated carbocycles. The number of sulfone groups is 1. The lowest BCUT2D eigenvalue weighted by Crippen LogP contribution is -2.11. The second-order valence-electron chi connectivity index (χ2n) is 4.79. The van der Waals surface area contributed by atoms with Crippen LogP contribution in [-0.2, 0) is 19.3 Å². The van der Waals surface area contributed by atoms with Crippen LogP contribution < -0.4 is 10.6 Å². The van der Waals surface area contributed by atoms with Gasteiger partial charge in [-0.25, -0.2) is 8.42 Å². The number of nitrogens with one attached hydrogen (secondary N) is 2. The van der Waals surface area contributed by atoms with Crippen LogP contribution in [0.25, 0.3) is 0 Å². The molecule has 0 aliphatic rings. The van der Waals surface area contributed by atoms with Crippen molar-refractivity contribution in [2.24, 2.45) is 0 Å². The van der Waals surface area contributed by atoms with Crippen molar-refractivity contribution in [1.82, 2.24) is 0 Å². The van der Waals surface area contributed by atoms with Gasteiger partial charge in [0.25, 0.3) is 10.3 Å². The van der Waals surface area contributed by atoms with Gasteiger partial charge in [-0.15, -0.1) is 0 Å². The topological polar surface area (TPSA) is 76.7 Å². The average molecular weight is 397 g/mol. The molecule has 0 bridgehead atoms. The molecule has 9 heteroatoms. The summed E-state index contributed by atoms with van der Waals surface area (Å²) in [5, 5.41) is 6.05. The molecular weight excluding hydrogens is 380 g/mol. The lowest BCUT2D eigenvalue weighted by atomic mass is 10.3. The summed E-state index contributed by atoms with van der Waals surface area (Å²) in [6.45, 7) is 0. The van der Waals surface area contributed by atoms with Crippen molar-refractivity contribution in [3.8, 4) is 0 Å². The van der Waals surface area contributed by atoms with Gasteiger partial charge in [-0.1, -0.05) is 0 Å². The number of ether oxygens (including phenoxy) is 2. The second-order valence-corrected chi connectivity index (χ2v) is 7.48. The first-order valence-corrected chi connectivity index (χ1v) is 9.32. The normalized spacial score (nSPS) is 10.6. The van der Waals surface area contributed by atoms with Crippen LogP contribution in [0.2, 0.25) is 0 Å². The van der Waals surface area contributed by atoms with Crippen LogP contribution in [0.3, 0.4) is 0 Å². The van der Waals surface area contributed by atoms with Gasteiger partial charge in [0.05, 0.1) is 24.0 Å². The minimum Gasteiger partial charge on any atom is -0.474 e. The second kappa shape index (κ2) is 8.24. The first-order valence-electron chi connectivity index (χ1n) is 7.02. The van der Waals surface area contributed by atoms with Gasteiger partial charge in [0.2, 0.25) is 9.84 Å². The quantitative estimate of drug-likeness (QED) is 0.763. The summed E-state index contributed by atoms with van der Waals surface area (Å²) in [5.41, 5.74) is 1.27. The molecule has 0 aromatic heterocycles. The maximum absolute atomic E-state index is 12.7. The lowest BCUT2D eigenvalue weighted by Gasteiger charge is -2.09. The van der Waals surface area contributed by atoms with Gasteiger partial charge in [0.15, 0.2) is 0 Å². The molecular formula is C16H16N2O4S3. The molecule has 0 aliphatic heterocycles. The van der Waals surface area contributed by atoms with E-state index in [-0.39, 0.29) is 20.1 Å². The molecule has 0 unspecified atom stereocenters. The number of benzene rings is 2. The molecule has 2 N–H and O–H groups in total. The molecule has 2 aromatic carbocycles. The zero-order valence-electron chi connectivity index (χ0n) is 13.5. The number of methoxy groups -OCH3 is 2.